The third-order valence-electron chi connectivity index (χ3n) is 3.43. The maximum atomic E-state index is 13.5. The molecule has 102 valence electrons. The predicted molar refractivity (Wildman–Crippen MR) is 76.8 cm³/mol. The molecule has 0 aliphatic carbocycles. The smallest absolute Gasteiger partial charge is 0.201 e. The zero-order valence-electron chi connectivity index (χ0n) is 11.2. The summed E-state index contributed by atoms with van der Waals surface area (Å²) in [6.45, 7) is 2.45. The lowest BCUT2D eigenvalue weighted by molar-refractivity contribution is 0.620. The molecule has 4 nitrogen and oxygen atoms in total. The molecule has 0 amide bonds. The van der Waals surface area contributed by atoms with Gasteiger partial charge in [0.2, 0.25) is 5.95 Å². The average molecular weight is 270 g/mol. The number of rotatable bonds is 3. The summed E-state index contributed by atoms with van der Waals surface area (Å²) in [4.78, 5) is 8.21. The number of hydrogen-bond donors (Lipinski definition) is 1. The van der Waals surface area contributed by atoms with Crippen molar-refractivity contribution in [1.82, 2.24) is 14.5 Å². The van der Waals surface area contributed by atoms with Crippen LogP contribution >= 0.6 is 0 Å². The fourth-order valence-electron chi connectivity index (χ4n) is 2.29. The zero-order chi connectivity index (χ0) is 14.1. The van der Waals surface area contributed by atoms with Gasteiger partial charge in [-0.2, -0.15) is 0 Å². The number of hydrogen-bond acceptors (Lipinski definition) is 3. The molecule has 0 spiro atoms. The molecule has 2 aromatic heterocycles. The van der Waals surface area contributed by atoms with Crippen LogP contribution in [0.5, 0.6) is 0 Å². The molecule has 0 saturated heterocycles. The van der Waals surface area contributed by atoms with E-state index in [4.69, 9.17) is 5.73 Å². The van der Waals surface area contributed by atoms with Gasteiger partial charge >= 0.3 is 0 Å². The van der Waals surface area contributed by atoms with E-state index in [1.807, 2.05) is 16.7 Å². The molecule has 0 aliphatic rings. The van der Waals surface area contributed by atoms with Crippen LogP contribution in [0.15, 0.2) is 36.7 Å². The molecule has 3 rings (SSSR count). The van der Waals surface area contributed by atoms with E-state index < -0.39 is 0 Å². The Balaban J connectivity index is 1.95. The summed E-state index contributed by atoms with van der Waals surface area (Å²) in [6.07, 6.45) is 4.36. The Kier molecular flexibility index (Phi) is 3.10. The minimum Gasteiger partial charge on any atom is -0.369 e. The summed E-state index contributed by atoms with van der Waals surface area (Å²) in [7, 11) is 0. The number of halogens is 1. The number of anilines is 1. The SMILES string of the molecule is Cc1cc2c(cc1F)nc(N)n2CCc1ccncc1. The third-order valence-corrected chi connectivity index (χ3v) is 3.43. The molecule has 0 saturated carbocycles. The van der Waals surface area contributed by atoms with Crippen molar-refractivity contribution < 1.29 is 4.39 Å². The maximum Gasteiger partial charge on any atom is 0.201 e. The summed E-state index contributed by atoms with van der Waals surface area (Å²) < 4.78 is 15.5. The van der Waals surface area contributed by atoms with E-state index in [1.54, 1.807) is 25.4 Å². The van der Waals surface area contributed by atoms with Crippen molar-refractivity contribution in [1.29, 1.82) is 0 Å². The Morgan fingerprint density at radius 3 is 2.75 bits per heavy atom. The largest absolute Gasteiger partial charge is 0.369 e. The first-order valence-corrected chi connectivity index (χ1v) is 6.46. The highest BCUT2D eigenvalue weighted by molar-refractivity contribution is 5.79. The maximum absolute atomic E-state index is 13.5. The van der Waals surface area contributed by atoms with Crippen LogP contribution in [-0.2, 0) is 13.0 Å². The highest BCUT2D eigenvalue weighted by Crippen LogP contribution is 2.22. The molecular weight excluding hydrogens is 255 g/mol. The summed E-state index contributed by atoms with van der Waals surface area (Å²) in [5, 5.41) is 0. The average Bonchev–Trinajstić information content (AvgIpc) is 2.73. The summed E-state index contributed by atoms with van der Waals surface area (Å²) in [6, 6.07) is 7.17. The number of nitrogens with zero attached hydrogens (tertiary/aromatic N) is 3. The summed E-state index contributed by atoms with van der Waals surface area (Å²) >= 11 is 0. The first-order valence-electron chi connectivity index (χ1n) is 6.46. The Bertz CT molecular complexity index is 749. The number of nitrogen functional groups attached to an aromatic ring is 1. The lowest BCUT2D eigenvalue weighted by atomic mass is 10.2. The van der Waals surface area contributed by atoms with Gasteiger partial charge < -0.3 is 10.3 Å². The standard InChI is InChI=1S/C15H15FN4/c1-10-8-14-13(9-12(10)16)19-15(17)20(14)7-4-11-2-5-18-6-3-11/h2-3,5-6,8-9H,4,7H2,1H3,(H2,17,19). The van der Waals surface area contributed by atoms with Crippen molar-refractivity contribution in [3.8, 4) is 0 Å². The summed E-state index contributed by atoms with van der Waals surface area (Å²) in [5.41, 5.74) is 9.18. The molecule has 2 N–H and O–H groups in total. The second-order valence-corrected chi connectivity index (χ2v) is 4.82. The monoisotopic (exact) mass is 270 g/mol. The highest BCUT2D eigenvalue weighted by atomic mass is 19.1. The molecule has 0 radical (unpaired) electrons. The normalized spacial score (nSPS) is 11.1. The Labute approximate surface area is 116 Å². The molecule has 5 heteroatoms. The van der Waals surface area contributed by atoms with Crippen molar-refractivity contribution in [2.24, 2.45) is 0 Å². The molecule has 20 heavy (non-hydrogen) atoms. The zero-order valence-corrected chi connectivity index (χ0v) is 11.2. The fourth-order valence-corrected chi connectivity index (χ4v) is 2.29. The van der Waals surface area contributed by atoms with Crippen molar-refractivity contribution in [3.05, 3.63) is 53.6 Å². The van der Waals surface area contributed by atoms with Gasteiger partial charge in [-0.1, -0.05) is 0 Å². The van der Waals surface area contributed by atoms with Crippen LogP contribution in [0.3, 0.4) is 0 Å². The highest BCUT2D eigenvalue weighted by Gasteiger charge is 2.10. The molecule has 0 bridgehead atoms. The molecule has 3 aromatic rings. The molecule has 0 unspecified atom stereocenters. The van der Waals surface area contributed by atoms with E-state index in [1.165, 1.54) is 11.6 Å². The van der Waals surface area contributed by atoms with Gasteiger partial charge in [-0.15, -0.1) is 0 Å². The van der Waals surface area contributed by atoms with E-state index in [0.29, 0.717) is 23.6 Å². The van der Waals surface area contributed by atoms with Gasteiger partial charge in [0.1, 0.15) is 5.82 Å². The number of fused-ring (bicyclic) bond motifs is 1. The number of pyridine rings is 1. The fraction of sp³-hybridized carbons (Fsp3) is 0.200. The Morgan fingerprint density at radius 1 is 1.25 bits per heavy atom. The van der Waals surface area contributed by atoms with Gasteiger partial charge in [0.05, 0.1) is 11.0 Å². The topological polar surface area (TPSA) is 56.7 Å². The lowest BCUT2D eigenvalue weighted by Crippen LogP contribution is -2.05. The number of aryl methyl sites for hydroxylation is 3. The van der Waals surface area contributed by atoms with Crippen LogP contribution in [-0.4, -0.2) is 14.5 Å². The van der Waals surface area contributed by atoms with Crippen LogP contribution in [0, 0.1) is 12.7 Å². The van der Waals surface area contributed by atoms with Crippen LogP contribution in [0.1, 0.15) is 11.1 Å². The minimum absolute atomic E-state index is 0.253. The van der Waals surface area contributed by atoms with Crippen LogP contribution in [0.25, 0.3) is 11.0 Å². The first kappa shape index (κ1) is 12.6. The first-order chi connectivity index (χ1) is 9.65. The molecule has 1 aromatic carbocycles. The van der Waals surface area contributed by atoms with Crippen molar-refractivity contribution in [3.63, 3.8) is 0 Å². The second kappa shape index (κ2) is 4.92. The molecular formula is C15H15FN4. The van der Waals surface area contributed by atoms with Crippen LogP contribution in [0.2, 0.25) is 0 Å². The summed E-state index contributed by atoms with van der Waals surface area (Å²) in [5.74, 6) is 0.162. The number of aromatic nitrogens is 3. The number of nitrogens with two attached hydrogens (primary N) is 1. The van der Waals surface area contributed by atoms with Crippen molar-refractivity contribution in [2.75, 3.05) is 5.73 Å². The molecule has 0 atom stereocenters. The molecule has 0 aliphatic heterocycles. The Morgan fingerprint density at radius 2 is 2.00 bits per heavy atom. The van der Waals surface area contributed by atoms with Gasteiger partial charge in [-0.05, 0) is 42.7 Å². The number of imidazole rings is 1. The lowest BCUT2D eigenvalue weighted by Gasteiger charge is -2.07. The van der Waals surface area contributed by atoms with E-state index in [-0.39, 0.29) is 5.82 Å². The van der Waals surface area contributed by atoms with Crippen molar-refractivity contribution in [2.45, 2.75) is 19.9 Å². The van der Waals surface area contributed by atoms with E-state index in [9.17, 15) is 4.39 Å². The van der Waals surface area contributed by atoms with E-state index in [2.05, 4.69) is 9.97 Å². The van der Waals surface area contributed by atoms with E-state index in [0.717, 1.165) is 11.9 Å². The van der Waals surface area contributed by atoms with E-state index >= 15 is 0 Å². The van der Waals surface area contributed by atoms with Gasteiger partial charge in [0.25, 0.3) is 0 Å². The van der Waals surface area contributed by atoms with Crippen LogP contribution < -0.4 is 5.73 Å². The number of benzene rings is 1. The van der Waals surface area contributed by atoms with Gasteiger partial charge in [0.15, 0.2) is 0 Å². The quantitative estimate of drug-likeness (QED) is 0.796. The molecule has 0 fully saturated rings. The van der Waals surface area contributed by atoms with Gasteiger partial charge in [-0.25, -0.2) is 9.37 Å². The predicted octanol–water partition coefficient (Wildman–Crippen LogP) is 2.70. The van der Waals surface area contributed by atoms with Crippen LogP contribution in [0.4, 0.5) is 10.3 Å². The Hall–Kier alpha value is -2.43. The minimum atomic E-state index is -0.253. The van der Waals surface area contributed by atoms with Gasteiger partial charge in [0, 0.05) is 25.0 Å². The molecule has 2 heterocycles. The van der Waals surface area contributed by atoms with Gasteiger partial charge in [-0.3, -0.25) is 4.98 Å². The van der Waals surface area contributed by atoms with Crippen molar-refractivity contribution >= 4 is 17.0 Å². The third kappa shape index (κ3) is 2.22. The second-order valence-electron chi connectivity index (χ2n) is 4.82.